The highest BCUT2D eigenvalue weighted by Gasteiger charge is 2.31. The lowest BCUT2D eigenvalue weighted by Crippen LogP contribution is -2.26. The zero-order valence-electron chi connectivity index (χ0n) is 19.0. The highest BCUT2D eigenvalue weighted by molar-refractivity contribution is 5.81. The van der Waals surface area contributed by atoms with Crippen LogP contribution in [0, 0.1) is 0 Å². The van der Waals surface area contributed by atoms with Crippen molar-refractivity contribution in [2.75, 3.05) is 11.9 Å². The molecule has 35 heavy (non-hydrogen) atoms. The SMILES string of the molecule is Cn1c(NCCC(N)c2ccccc2)nc(-c2ccncc2)c(-c2cccc(C(F)(F)F)c2)c1=O. The van der Waals surface area contributed by atoms with Gasteiger partial charge in [0, 0.05) is 37.6 Å². The van der Waals surface area contributed by atoms with Gasteiger partial charge in [-0.25, -0.2) is 4.98 Å². The van der Waals surface area contributed by atoms with Gasteiger partial charge >= 0.3 is 6.18 Å². The fraction of sp³-hybridized carbons (Fsp3) is 0.192. The zero-order chi connectivity index (χ0) is 25.0. The van der Waals surface area contributed by atoms with Crippen molar-refractivity contribution in [1.82, 2.24) is 14.5 Å². The van der Waals surface area contributed by atoms with E-state index in [1.54, 1.807) is 12.1 Å². The van der Waals surface area contributed by atoms with Crippen molar-refractivity contribution in [3.05, 3.63) is 101 Å². The number of anilines is 1. The van der Waals surface area contributed by atoms with Crippen LogP contribution in [0.1, 0.15) is 23.6 Å². The number of hydrogen-bond donors (Lipinski definition) is 2. The topological polar surface area (TPSA) is 85.8 Å². The molecule has 0 saturated carbocycles. The third-order valence-electron chi connectivity index (χ3n) is 5.69. The van der Waals surface area contributed by atoms with E-state index >= 15 is 0 Å². The van der Waals surface area contributed by atoms with Gasteiger partial charge in [-0.15, -0.1) is 0 Å². The summed E-state index contributed by atoms with van der Waals surface area (Å²) in [5, 5.41) is 3.16. The first kappa shape index (κ1) is 24.2. The van der Waals surface area contributed by atoms with E-state index in [9.17, 15) is 18.0 Å². The van der Waals surface area contributed by atoms with Gasteiger partial charge in [-0.2, -0.15) is 13.2 Å². The molecule has 4 rings (SSSR count). The molecule has 0 fully saturated rings. The quantitative estimate of drug-likeness (QED) is 0.388. The first-order chi connectivity index (χ1) is 16.8. The number of hydrogen-bond acceptors (Lipinski definition) is 5. The maximum atomic E-state index is 13.4. The molecule has 0 aliphatic heterocycles. The molecule has 0 amide bonds. The van der Waals surface area contributed by atoms with Gasteiger partial charge in [0.2, 0.25) is 5.95 Å². The van der Waals surface area contributed by atoms with Gasteiger partial charge in [0.05, 0.1) is 16.8 Å². The summed E-state index contributed by atoms with van der Waals surface area (Å²) >= 11 is 0. The van der Waals surface area contributed by atoms with Crippen LogP contribution in [-0.4, -0.2) is 21.1 Å². The summed E-state index contributed by atoms with van der Waals surface area (Å²) in [6.07, 6.45) is -0.878. The second-order valence-corrected chi connectivity index (χ2v) is 8.07. The largest absolute Gasteiger partial charge is 0.416 e. The summed E-state index contributed by atoms with van der Waals surface area (Å²) in [4.78, 5) is 22.1. The van der Waals surface area contributed by atoms with E-state index in [1.165, 1.54) is 36.1 Å². The Labute approximate surface area is 200 Å². The molecule has 2 aromatic heterocycles. The Morgan fingerprint density at radius 2 is 1.71 bits per heavy atom. The van der Waals surface area contributed by atoms with E-state index in [0.29, 0.717) is 18.5 Å². The molecular formula is C26H24F3N5O. The second kappa shape index (κ2) is 10.1. The van der Waals surface area contributed by atoms with Crippen LogP contribution in [0.4, 0.5) is 19.1 Å². The average molecular weight is 480 g/mol. The van der Waals surface area contributed by atoms with Crippen LogP contribution in [0.15, 0.2) is 83.9 Å². The van der Waals surface area contributed by atoms with E-state index in [2.05, 4.69) is 15.3 Å². The Morgan fingerprint density at radius 1 is 1.00 bits per heavy atom. The summed E-state index contributed by atoms with van der Waals surface area (Å²) < 4.78 is 41.4. The lowest BCUT2D eigenvalue weighted by Gasteiger charge is -2.18. The van der Waals surface area contributed by atoms with Crippen molar-refractivity contribution in [2.45, 2.75) is 18.6 Å². The van der Waals surface area contributed by atoms with Crippen LogP contribution in [-0.2, 0) is 13.2 Å². The number of alkyl halides is 3. The number of rotatable bonds is 7. The van der Waals surface area contributed by atoms with Crippen LogP contribution in [0.3, 0.4) is 0 Å². The molecule has 180 valence electrons. The minimum absolute atomic E-state index is 0.0799. The van der Waals surface area contributed by atoms with E-state index in [-0.39, 0.29) is 28.8 Å². The van der Waals surface area contributed by atoms with Gasteiger partial charge in [0.25, 0.3) is 5.56 Å². The highest BCUT2D eigenvalue weighted by atomic mass is 19.4. The molecule has 0 aliphatic carbocycles. The summed E-state index contributed by atoms with van der Waals surface area (Å²) in [7, 11) is 1.53. The molecule has 3 N–H and O–H groups in total. The Kier molecular flexibility index (Phi) is 6.97. The number of pyridine rings is 1. The molecule has 0 saturated heterocycles. The average Bonchev–Trinajstić information content (AvgIpc) is 2.87. The van der Waals surface area contributed by atoms with Crippen LogP contribution in [0.5, 0.6) is 0 Å². The fourth-order valence-corrected chi connectivity index (χ4v) is 3.80. The number of benzene rings is 2. The number of nitrogens with zero attached hydrogens (tertiary/aromatic N) is 3. The molecule has 1 atom stereocenters. The van der Waals surface area contributed by atoms with Crippen molar-refractivity contribution in [2.24, 2.45) is 12.8 Å². The minimum atomic E-state index is -4.54. The molecule has 1 unspecified atom stereocenters. The second-order valence-electron chi connectivity index (χ2n) is 8.07. The number of nitrogens with one attached hydrogen (secondary N) is 1. The maximum Gasteiger partial charge on any atom is 0.416 e. The molecule has 0 aliphatic rings. The smallest absolute Gasteiger partial charge is 0.355 e. The summed E-state index contributed by atoms with van der Waals surface area (Å²) in [5.74, 6) is 0.290. The van der Waals surface area contributed by atoms with Gasteiger partial charge < -0.3 is 11.1 Å². The van der Waals surface area contributed by atoms with E-state index in [1.807, 2.05) is 30.3 Å². The predicted octanol–water partition coefficient (Wildman–Crippen LogP) is 5.03. The Morgan fingerprint density at radius 3 is 2.40 bits per heavy atom. The van der Waals surface area contributed by atoms with Crippen LogP contribution in [0.2, 0.25) is 0 Å². The Hall–Kier alpha value is -3.98. The van der Waals surface area contributed by atoms with Crippen molar-refractivity contribution < 1.29 is 13.2 Å². The van der Waals surface area contributed by atoms with Crippen molar-refractivity contribution in [3.63, 3.8) is 0 Å². The monoisotopic (exact) mass is 479 g/mol. The third kappa shape index (κ3) is 5.41. The van der Waals surface area contributed by atoms with Gasteiger partial charge in [-0.1, -0.05) is 42.5 Å². The molecule has 0 bridgehead atoms. The van der Waals surface area contributed by atoms with Crippen LogP contribution in [0.25, 0.3) is 22.4 Å². The fourth-order valence-electron chi connectivity index (χ4n) is 3.80. The predicted molar refractivity (Wildman–Crippen MR) is 130 cm³/mol. The highest BCUT2D eigenvalue weighted by Crippen LogP contribution is 2.34. The Balaban J connectivity index is 1.72. The normalized spacial score (nSPS) is 12.4. The van der Waals surface area contributed by atoms with E-state index in [0.717, 1.165) is 17.7 Å². The van der Waals surface area contributed by atoms with Gasteiger partial charge in [0.1, 0.15) is 0 Å². The Bertz CT molecular complexity index is 1360. The van der Waals surface area contributed by atoms with Crippen LogP contribution < -0.4 is 16.6 Å². The number of halogens is 3. The molecular weight excluding hydrogens is 455 g/mol. The van der Waals surface area contributed by atoms with E-state index in [4.69, 9.17) is 5.73 Å². The summed E-state index contributed by atoms with van der Waals surface area (Å²) in [5.41, 5.74) is 7.00. The zero-order valence-corrected chi connectivity index (χ0v) is 19.0. The van der Waals surface area contributed by atoms with Crippen molar-refractivity contribution in [3.8, 4) is 22.4 Å². The molecule has 0 spiro atoms. The van der Waals surface area contributed by atoms with Gasteiger partial charge in [0.15, 0.2) is 0 Å². The van der Waals surface area contributed by atoms with Gasteiger partial charge in [-0.3, -0.25) is 14.3 Å². The lowest BCUT2D eigenvalue weighted by molar-refractivity contribution is -0.137. The van der Waals surface area contributed by atoms with E-state index < -0.39 is 17.3 Å². The molecule has 4 aromatic rings. The number of nitrogens with two attached hydrogens (primary N) is 1. The molecule has 2 heterocycles. The summed E-state index contributed by atoms with van der Waals surface area (Å²) in [6.45, 7) is 0.440. The molecule has 2 aromatic carbocycles. The lowest BCUT2D eigenvalue weighted by atomic mass is 9.99. The molecule has 6 nitrogen and oxygen atoms in total. The minimum Gasteiger partial charge on any atom is -0.355 e. The van der Waals surface area contributed by atoms with Crippen molar-refractivity contribution >= 4 is 5.95 Å². The first-order valence-electron chi connectivity index (χ1n) is 11.0. The third-order valence-corrected chi connectivity index (χ3v) is 5.69. The maximum absolute atomic E-state index is 13.4. The van der Waals surface area contributed by atoms with Crippen LogP contribution >= 0.6 is 0 Å². The summed E-state index contributed by atoms with van der Waals surface area (Å²) in [6, 6.07) is 17.5. The molecule has 0 radical (unpaired) electrons. The first-order valence-corrected chi connectivity index (χ1v) is 11.0. The molecule has 9 heteroatoms. The van der Waals surface area contributed by atoms with Gasteiger partial charge in [-0.05, 0) is 41.8 Å². The number of aromatic nitrogens is 3. The van der Waals surface area contributed by atoms with Crippen molar-refractivity contribution in [1.29, 1.82) is 0 Å². The standard InChI is InChI=1S/C26H24F3N5O/c1-34-24(35)22(19-8-5-9-20(16-19)26(27,28)29)23(18-10-13-31-14-11-18)33-25(34)32-15-12-21(30)17-6-3-2-4-7-17/h2-11,13-14,16,21H,12,15,30H2,1H3,(H,32,33).